The first-order valence-electron chi connectivity index (χ1n) is 6.42. The molecule has 0 saturated heterocycles. The molecule has 0 aliphatic carbocycles. The van der Waals surface area contributed by atoms with Gasteiger partial charge in [0.2, 0.25) is 0 Å². The topological polar surface area (TPSA) is 42.0 Å². The summed E-state index contributed by atoms with van der Waals surface area (Å²) in [5, 5.41) is 4.20. The fourth-order valence-corrected chi connectivity index (χ4v) is 2.89. The first kappa shape index (κ1) is 12.8. The minimum atomic E-state index is 0.0825. The van der Waals surface area contributed by atoms with E-state index in [2.05, 4.69) is 22.4 Å². The van der Waals surface area contributed by atoms with E-state index in [1.165, 1.54) is 5.56 Å². The minimum absolute atomic E-state index is 0.0825. The van der Waals surface area contributed by atoms with Crippen molar-refractivity contribution in [3.05, 3.63) is 59.7 Å². The van der Waals surface area contributed by atoms with Crippen LogP contribution in [0.15, 0.2) is 48.5 Å². The third-order valence-corrected chi connectivity index (χ3v) is 4.06. The Morgan fingerprint density at radius 1 is 1.20 bits per heavy atom. The average molecular weight is 282 g/mol. The van der Waals surface area contributed by atoms with Crippen LogP contribution in [0.2, 0.25) is 0 Å². The molecule has 3 nitrogen and oxygen atoms in total. The number of benzene rings is 2. The van der Waals surface area contributed by atoms with Crippen molar-refractivity contribution in [2.24, 2.45) is 0 Å². The van der Waals surface area contributed by atoms with Crippen molar-refractivity contribution in [2.45, 2.75) is 13.5 Å². The molecule has 1 heterocycles. The number of nitrogens with one attached hydrogen (secondary N) is 1. The van der Waals surface area contributed by atoms with Crippen LogP contribution in [0.25, 0.3) is 10.2 Å². The van der Waals surface area contributed by atoms with Crippen LogP contribution in [-0.2, 0) is 6.54 Å². The molecule has 1 aromatic heterocycles. The molecule has 100 valence electrons. The van der Waals surface area contributed by atoms with Crippen LogP contribution in [0.1, 0.15) is 22.8 Å². The first-order chi connectivity index (χ1) is 9.72. The number of aromatic nitrogens is 1. The Hall–Kier alpha value is -2.20. The highest BCUT2D eigenvalue weighted by Gasteiger charge is 2.06. The minimum Gasteiger partial charge on any atom is -0.357 e. The number of nitrogens with zero attached hydrogens (tertiary/aromatic N) is 1. The normalized spacial score (nSPS) is 10.7. The van der Waals surface area contributed by atoms with Gasteiger partial charge in [0.1, 0.15) is 0 Å². The van der Waals surface area contributed by atoms with Crippen molar-refractivity contribution in [1.82, 2.24) is 4.98 Å². The van der Waals surface area contributed by atoms with Crippen LogP contribution in [0.5, 0.6) is 0 Å². The zero-order valence-corrected chi connectivity index (χ0v) is 11.9. The lowest BCUT2D eigenvalue weighted by Crippen LogP contribution is -1.97. The molecule has 0 aliphatic heterocycles. The van der Waals surface area contributed by atoms with Crippen LogP contribution in [0.3, 0.4) is 0 Å². The number of carbonyl (C=O) groups is 1. The maximum absolute atomic E-state index is 11.4. The van der Waals surface area contributed by atoms with Crippen molar-refractivity contribution in [2.75, 3.05) is 5.32 Å². The Bertz CT molecular complexity index is 750. The van der Waals surface area contributed by atoms with Gasteiger partial charge in [0, 0.05) is 12.1 Å². The van der Waals surface area contributed by atoms with Crippen molar-refractivity contribution in [1.29, 1.82) is 0 Å². The van der Waals surface area contributed by atoms with E-state index in [-0.39, 0.29) is 5.78 Å². The van der Waals surface area contributed by atoms with Crippen LogP contribution in [0.4, 0.5) is 5.13 Å². The monoisotopic (exact) mass is 282 g/mol. The lowest BCUT2D eigenvalue weighted by molar-refractivity contribution is 0.101. The average Bonchev–Trinajstić information content (AvgIpc) is 2.88. The summed E-state index contributed by atoms with van der Waals surface area (Å²) in [4.78, 5) is 15.9. The van der Waals surface area contributed by atoms with Crippen LogP contribution in [-0.4, -0.2) is 10.8 Å². The summed E-state index contributed by atoms with van der Waals surface area (Å²) >= 11 is 1.57. The van der Waals surface area contributed by atoms with Gasteiger partial charge in [-0.15, -0.1) is 0 Å². The van der Waals surface area contributed by atoms with E-state index in [1.807, 2.05) is 36.4 Å². The van der Waals surface area contributed by atoms with Gasteiger partial charge >= 0.3 is 0 Å². The Morgan fingerprint density at radius 3 is 2.75 bits per heavy atom. The van der Waals surface area contributed by atoms with Crippen molar-refractivity contribution < 1.29 is 4.79 Å². The van der Waals surface area contributed by atoms with Gasteiger partial charge in [0.15, 0.2) is 10.9 Å². The molecule has 0 radical (unpaired) electrons. The maximum atomic E-state index is 11.4. The van der Waals surface area contributed by atoms with Gasteiger partial charge in [-0.2, -0.15) is 0 Å². The van der Waals surface area contributed by atoms with Crippen LogP contribution in [0, 0.1) is 0 Å². The van der Waals surface area contributed by atoms with Gasteiger partial charge in [-0.1, -0.05) is 41.7 Å². The molecular formula is C16H14N2OS. The molecule has 3 aromatic rings. The van der Waals surface area contributed by atoms with Crippen LogP contribution >= 0.6 is 11.3 Å². The summed E-state index contributed by atoms with van der Waals surface area (Å²) in [6.07, 6.45) is 0. The van der Waals surface area contributed by atoms with E-state index in [0.29, 0.717) is 0 Å². The molecule has 1 N–H and O–H groups in total. The molecule has 0 amide bonds. The predicted octanol–water partition coefficient (Wildman–Crippen LogP) is 4.11. The van der Waals surface area contributed by atoms with Gasteiger partial charge in [-0.05, 0) is 30.7 Å². The molecule has 0 aliphatic rings. The molecule has 0 fully saturated rings. The van der Waals surface area contributed by atoms with Crippen LogP contribution < -0.4 is 5.32 Å². The molecule has 0 bridgehead atoms. The number of rotatable bonds is 4. The summed E-state index contributed by atoms with van der Waals surface area (Å²) in [5.41, 5.74) is 2.88. The number of hydrogen-bond acceptors (Lipinski definition) is 4. The molecule has 0 spiro atoms. The van der Waals surface area contributed by atoms with Crippen molar-refractivity contribution in [3.8, 4) is 0 Å². The molecule has 4 heteroatoms. The van der Waals surface area contributed by atoms with Gasteiger partial charge in [-0.3, -0.25) is 4.79 Å². The molecule has 3 rings (SSSR count). The summed E-state index contributed by atoms with van der Waals surface area (Å²) < 4.78 is 1.04. The first-order valence-corrected chi connectivity index (χ1v) is 7.23. The smallest absolute Gasteiger partial charge is 0.184 e. The SMILES string of the molecule is CC(=O)c1ccc2nc(NCc3ccccc3)sc2c1. The number of anilines is 1. The second-order valence-corrected chi connectivity index (χ2v) is 5.63. The summed E-state index contributed by atoms with van der Waals surface area (Å²) in [6.45, 7) is 2.33. The highest BCUT2D eigenvalue weighted by Crippen LogP contribution is 2.27. The van der Waals surface area contributed by atoms with E-state index in [0.717, 1.165) is 27.5 Å². The number of Topliss-reactive ketones (excluding diaryl/α,β-unsaturated/α-hetero) is 1. The highest BCUT2D eigenvalue weighted by atomic mass is 32.1. The number of thiazole rings is 1. The third kappa shape index (κ3) is 2.70. The fraction of sp³-hybridized carbons (Fsp3) is 0.125. The fourth-order valence-electron chi connectivity index (χ4n) is 1.99. The molecule has 2 aromatic carbocycles. The number of hydrogen-bond donors (Lipinski definition) is 1. The lowest BCUT2D eigenvalue weighted by Gasteiger charge is -2.01. The predicted molar refractivity (Wildman–Crippen MR) is 83.4 cm³/mol. The standard InChI is InChI=1S/C16H14N2OS/c1-11(19)13-7-8-14-15(9-13)20-16(18-14)17-10-12-5-3-2-4-6-12/h2-9H,10H2,1H3,(H,17,18). The van der Waals surface area contributed by atoms with Gasteiger partial charge in [0.05, 0.1) is 10.2 Å². The highest BCUT2D eigenvalue weighted by molar-refractivity contribution is 7.22. The summed E-state index contributed by atoms with van der Waals surface area (Å²) in [7, 11) is 0. The third-order valence-electron chi connectivity index (χ3n) is 3.08. The number of fused-ring (bicyclic) bond motifs is 1. The quantitative estimate of drug-likeness (QED) is 0.732. The van der Waals surface area contributed by atoms with E-state index in [1.54, 1.807) is 18.3 Å². The Kier molecular flexibility index (Phi) is 3.48. The van der Waals surface area contributed by atoms with E-state index >= 15 is 0 Å². The number of carbonyl (C=O) groups excluding carboxylic acids is 1. The largest absolute Gasteiger partial charge is 0.357 e. The van der Waals surface area contributed by atoms with E-state index in [9.17, 15) is 4.79 Å². The zero-order valence-electron chi connectivity index (χ0n) is 11.1. The lowest BCUT2D eigenvalue weighted by atomic mass is 10.1. The molecule has 0 atom stereocenters. The number of ketones is 1. The molecule has 0 saturated carbocycles. The maximum Gasteiger partial charge on any atom is 0.184 e. The van der Waals surface area contributed by atoms with E-state index in [4.69, 9.17) is 0 Å². The van der Waals surface area contributed by atoms with Gasteiger partial charge in [-0.25, -0.2) is 4.98 Å². The van der Waals surface area contributed by atoms with Crippen molar-refractivity contribution in [3.63, 3.8) is 0 Å². The Balaban J connectivity index is 1.80. The zero-order chi connectivity index (χ0) is 13.9. The summed E-state index contributed by atoms with van der Waals surface area (Å²) in [5.74, 6) is 0.0825. The molecule has 20 heavy (non-hydrogen) atoms. The van der Waals surface area contributed by atoms with Gasteiger partial charge < -0.3 is 5.32 Å². The summed E-state index contributed by atoms with van der Waals surface area (Å²) in [6, 6.07) is 15.8. The van der Waals surface area contributed by atoms with Crippen molar-refractivity contribution >= 4 is 32.5 Å². The van der Waals surface area contributed by atoms with Gasteiger partial charge in [0.25, 0.3) is 0 Å². The Labute approximate surface area is 121 Å². The molecule has 0 unspecified atom stereocenters. The second kappa shape index (κ2) is 5.43. The molecular weight excluding hydrogens is 268 g/mol. The Morgan fingerprint density at radius 2 is 2.00 bits per heavy atom. The second-order valence-electron chi connectivity index (χ2n) is 4.60. The van der Waals surface area contributed by atoms with E-state index < -0.39 is 0 Å².